The quantitative estimate of drug-likeness (QED) is 0.0515. The molecule has 28 heavy (non-hydrogen) atoms. The molecular weight excluding hydrogens is 464 g/mol. The summed E-state index contributed by atoms with van der Waals surface area (Å²) in [5.74, 6) is 0. The molecule has 0 saturated heterocycles. The summed E-state index contributed by atoms with van der Waals surface area (Å²) < 4.78 is 3.57. The van der Waals surface area contributed by atoms with E-state index in [1.54, 1.807) is 0 Å². The Kier molecular flexibility index (Phi) is 25.6. The second kappa shape index (κ2) is 26.3. The van der Waals surface area contributed by atoms with Crippen LogP contribution in [0.25, 0.3) is 0 Å². The van der Waals surface area contributed by atoms with Crippen LogP contribution in [-0.4, -0.2) is 5.26 Å². The van der Waals surface area contributed by atoms with Crippen LogP contribution in [0.2, 0.25) is 0 Å². The van der Waals surface area contributed by atoms with Crippen molar-refractivity contribution in [1.82, 2.24) is 0 Å². The van der Waals surface area contributed by atoms with Gasteiger partial charge in [0.05, 0.1) is 0 Å². The maximum absolute atomic E-state index is 7.52. The van der Waals surface area contributed by atoms with E-state index in [2.05, 4.69) is 143 Å². The topological polar surface area (TPSA) is 260 Å². The fourth-order valence-electron chi connectivity index (χ4n) is 0.274. The van der Waals surface area contributed by atoms with Crippen molar-refractivity contribution in [1.29, 1.82) is 0 Å². The number of hydrogen-bond donors (Lipinski definition) is 2. The molecule has 0 atom stereocenters. The Morgan fingerprint density at radius 1 is 0.286 bits per heavy atom. The molecule has 0 bridgehead atoms. The van der Waals surface area contributed by atoms with E-state index in [0.29, 0.717) is 0 Å². The number of thiol groups is 1. The molecule has 0 spiro atoms. The Morgan fingerprint density at radius 3 is 0.643 bits per heavy atom. The van der Waals surface area contributed by atoms with Crippen molar-refractivity contribution in [3.8, 4) is 0 Å². The number of rotatable bonds is 25. The van der Waals surface area contributed by atoms with Crippen LogP contribution < -0.4 is 0 Å². The van der Waals surface area contributed by atoms with Crippen molar-refractivity contribution in [3.63, 3.8) is 0 Å². The monoisotopic (exact) mass is 466 g/mol. The summed E-state index contributed by atoms with van der Waals surface area (Å²) in [6.45, 7) is 0. The molecular formula is H2O27S. The van der Waals surface area contributed by atoms with Gasteiger partial charge in [0.2, 0.25) is 0 Å². The van der Waals surface area contributed by atoms with Gasteiger partial charge in [-0.15, -0.1) is 4.33 Å². The van der Waals surface area contributed by atoms with Gasteiger partial charge in [0.25, 0.3) is 0 Å². The van der Waals surface area contributed by atoms with Crippen molar-refractivity contribution in [2.24, 2.45) is 0 Å². The molecule has 0 aromatic carbocycles. The highest BCUT2D eigenvalue weighted by molar-refractivity contribution is 7.74. The van der Waals surface area contributed by atoms with Gasteiger partial charge in [-0.3, -0.25) is 0 Å². The highest BCUT2D eigenvalue weighted by Crippen LogP contribution is 1.94. The van der Waals surface area contributed by atoms with Gasteiger partial charge >= 0.3 is 0 Å². The maximum atomic E-state index is 7.52. The molecule has 0 unspecified atom stereocenters. The van der Waals surface area contributed by atoms with Crippen molar-refractivity contribution >= 4 is 12.9 Å². The zero-order chi connectivity index (χ0) is 20.4. The molecule has 170 valence electrons. The molecule has 0 aliphatic heterocycles. The third kappa shape index (κ3) is 25.3. The minimum atomic E-state index is 2.88. The van der Waals surface area contributed by atoms with Gasteiger partial charge in [0.1, 0.15) is 0 Å². The zero-order valence-corrected chi connectivity index (χ0v) is 12.4. The van der Waals surface area contributed by atoms with E-state index in [-0.39, 0.29) is 0 Å². The Balaban J connectivity index is 2.96. The van der Waals surface area contributed by atoms with Gasteiger partial charge in [0.15, 0.2) is 0 Å². The average molecular weight is 466 g/mol. The number of hydrogen-bond acceptors (Lipinski definition) is 28. The first-order valence-corrected chi connectivity index (χ1v) is 4.90. The third-order valence-electron chi connectivity index (χ3n) is 0.700. The van der Waals surface area contributed by atoms with Crippen LogP contribution in [0.15, 0.2) is 0 Å². The van der Waals surface area contributed by atoms with E-state index in [1.807, 2.05) is 0 Å². The molecule has 0 aliphatic carbocycles. The Bertz CT molecular complexity index is 225. The normalized spacial score (nSPS) is 11.4. The standard InChI is InChI=1S/H2O27S/c1-2-3-4-5-6-7-8-9-10-11-12-13-14-15-16-17-18-19-20-21-22-23-24-25-26-27-28/h1,28H. The third-order valence-corrected chi connectivity index (χ3v) is 0.761. The predicted octanol–water partition coefficient (Wildman–Crippen LogP) is -1.39. The molecule has 0 aromatic heterocycles. The molecule has 0 aromatic rings. The van der Waals surface area contributed by atoms with Crippen molar-refractivity contribution < 1.29 is 136 Å². The van der Waals surface area contributed by atoms with Gasteiger partial charge < -0.3 is 0 Å². The molecule has 27 nitrogen and oxygen atoms in total. The molecule has 28 heteroatoms. The van der Waals surface area contributed by atoms with Crippen LogP contribution >= 0.6 is 12.9 Å². The molecule has 0 fully saturated rings. The molecule has 0 rings (SSSR count). The van der Waals surface area contributed by atoms with Crippen LogP contribution in [0.5, 0.6) is 0 Å². The zero-order valence-electron chi connectivity index (χ0n) is 11.5. The lowest BCUT2D eigenvalue weighted by atomic mass is 14.0. The van der Waals surface area contributed by atoms with Crippen molar-refractivity contribution in [2.75, 3.05) is 0 Å². The molecule has 0 amide bonds. The summed E-state index contributed by atoms with van der Waals surface area (Å²) in [6.07, 6.45) is 0. The lowest BCUT2D eigenvalue weighted by Crippen LogP contribution is -2.06. The fraction of sp³-hybridized carbons (Fsp3) is 0. The van der Waals surface area contributed by atoms with Gasteiger partial charge in [0, 0.05) is 58.3 Å². The van der Waals surface area contributed by atoms with E-state index < -0.39 is 0 Å². The first-order chi connectivity index (χ1) is 13.9. The Morgan fingerprint density at radius 2 is 0.464 bits per heavy atom. The minimum Gasteiger partial charge on any atom is -0.219 e. The average Bonchev–Trinajstić information content (AvgIpc) is 2.71. The van der Waals surface area contributed by atoms with Crippen LogP contribution in [0.1, 0.15) is 0 Å². The molecule has 1 N–H and O–H groups in total. The second-order valence-corrected chi connectivity index (χ2v) is 1.93. The van der Waals surface area contributed by atoms with E-state index in [9.17, 15) is 0 Å². The first kappa shape index (κ1) is 27.3. The van der Waals surface area contributed by atoms with Crippen molar-refractivity contribution in [3.05, 3.63) is 0 Å². The van der Waals surface area contributed by atoms with Crippen LogP contribution in [0.3, 0.4) is 0 Å². The van der Waals surface area contributed by atoms with E-state index >= 15 is 0 Å². The van der Waals surface area contributed by atoms with Crippen LogP contribution in [-0.2, 0) is 130 Å². The summed E-state index contributed by atoms with van der Waals surface area (Å²) in [7, 11) is 0. The molecule has 0 saturated carbocycles. The van der Waals surface area contributed by atoms with Gasteiger partial charge in [-0.1, -0.05) is 0 Å². The first-order valence-electron chi connectivity index (χ1n) is 4.53. The SMILES string of the molecule is OOOOOOOOOOOOOOOOOOOOOOOOOOOS. The lowest BCUT2D eigenvalue weighted by molar-refractivity contribution is -0.902. The predicted molar refractivity (Wildman–Crippen MR) is 39.8 cm³/mol. The minimum absolute atomic E-state index is 2.88. The van der Waals surface area contributed by atoms with E-state index in [0.717, 1.165) is 0 Å². The van der Waals surface area contributed by atoms with Crippen LogP contribution in [0.4, 0.5) is 0 Å². The summed E-state index contributed by atoms with van der Waals surface area (Å²) in [4.78, 5) is 0. The summed E-state index contributed by atoms with van der Waals surface area (Å²) in [6, 6.07) is 0. The highest BCUT2D eigenvalue weighted by Gasteiger charge is 2.01. The lowest BCUT2D eigenvalue weighted by Gasteiger charge is -1.99. The highest BCUT2D eigenvalue weighted by atomic mass is 32.1. The second-order valence-electron chi connectivity index (χ2n) is 1.78. The van der Waals surface area contributed by atoms with Gasteiger partial charge in [-0.25, -0.2) is 5.26 Å². The van der Waals surface area contributed by atoms with Crippen LogP contribution in [0, 0.1) is 0 Å². The summed E-state index contributed by atoms with van der Waals surface area (Å²) >= 11 is 3.05. The smallest absolute Gasteiger partial charge is 0.0182 e. The molecule has 0 radical (unpaired) electrons. The Labute approximate surface area is 150 Å². The largest absolute Gasteiger partial charge is 0.219 e. The molecule has 0 heterocycles. The maximum Gasteiger partial charge on any atom is 0.0182 e. The van der Waals surface area contributed by atoms with Gasteiger partial charge in [-0.2, -0.15) is 0 Å². The molecule has 0 aliphatic rings. The Hall–Kier alpha value is -0.730. The van der Waals surface area contributed by atoms with Crippen molar-refractivity contribution in [2.45, 2.75) is 0 Å². The summed E-state index contributed by atoms with van der Waals surface area (Å²) in [5.41, 5.74) is 0. The van der Waals surface area contributed by atoms with E-state index in [1.165, 1.54) is 0 Å². The van der Waals surface area contributed by atoms with E-state index in [4.69, 9.17) is 5.26 Å². The summed E-state index contributed by atoms with van der Waals surface area (Å²) in [5, 5.41) is 93.6. The fourth-order valence-corrected chi connectivity index (χ4v) is 0.299. The van der Waals surface area contributed by atoms with Gasteiger partial charge in [-0.05, 0) is 80.6 Å².